The van der Waals surface area contributed by atoms with Gasteiger partial charge in [0, 0.05) is 5.39 Å². The predicted octanol–water partition coefficient (Wildman–Crippen LogP) is 4.30. The maximum Gasteiger partial charge on any atom is 0.280 e. The number of rotatable bonds is 2. The van der Waals surface area contributed by atoms with Crippen LogP contribution in [0.25, 0.3) is 10.9 Å². The summed E-state index contributed by atoms with van der Waals surface area (Å²) in [6.45, 7) is 0. The van der Waals surface area contributed by atoms with Gasteiger partial charge in [0.15, 0.2) is 11.4 Å². The van der Waals surface area contributed by atoms with Crippen molar-refractivity contribution in [2.75, 3.05) is 0 Å². The molecule has 3 aromatic rings. The Labute approximate surface area is 124 Å². The van der Waals surface area contributed by atoms with Crippen LogP contribution in [0.1, 0.15) is 0 Å². The highest BCUT2D eigenvalue weighted by molar-refractivity contribution is 6.35. The molecular weight excluding hydrogens is 290 g/mol. The topological polar surface area (TPSA) is 77.8 Å². The minimum absolute atomic E-state index is 0.145. The Morgan fingerprint density at radius 1 is 1.00 bits per heavy atom. The molecule has 0 saturated carbocycles. The van der Waals surface area contributed by atoms with Crippen LogP contribution in [-0.4, -0.2) is 10.1 Å². The largest absolute Gasteiger partial charge is 0.505 e. The third-order valence-corrected chi connectivity index (χ3v) is 3.28. The monoisotopic (exact) mass is 299 g/mol. The van der Waals surface area contributed by atoms with Crippen LogP contribution in [-0.2, 0) is 0 Å². The van der Waals surface area contributed by atoms with Crippen LogP contribution < -0.4 is 5.56 Å². The van der Waals surface area contributed by atoms with Crippen molar-refractivity contribution in [3.8, 4) is 5.75 Å². The van der Waals surface area contributed by atoms with Crippen molar-refractivity contribution in [2.24, 2.45) is 10.2 Å². The summed E-state index contributed by atoms with van der Waals surface area (Å²) >= 11 is 5.99. The van der Waals surface area contributed by atoms with Crippen LogP contribution in [0.3, 0.4) is 0 Å². The summed E-state index contributed by atoms with van der Waals surface area (Å²) in [5.74, 6) is -0.240. The van der Waals surface area contributed by atoms with Crippen LogP contribution in [0.15, 0.2) is 63.6 Å². The van der Waals surface area contributed by atoms with Gasteiger partial charge in [0.2, 0.25) is 0 Å². The van der Waals surface area contributed by atoms with Crippen LogP contribution in [0, 0.1) is 0 Å². The Hall–Kier alpha value is -2.66. The second kappa shape index (κ2) is 5.38. The molecule has 3 rings (SSSR count). The van der Waals surface area contributed by atoms with E-state index >= 15 is 0 Å². The third-order valence-electron chi connectivity index (χ3n) is 2.97. The van der Waals surface area contributed by atoms with E-state index in [1.54, 1.807) is 42.5 Å². The van der Waals surface area contributed by atoms with Crippen LogP contribution in [0.4, 0.5) is 11.4 Å². The molecule has 2 aromatic carbocycles. The summed E-state index contributed by atoms with van der Waals surface area (Å²) in [5.41, 5.74) is 0.268. The first-order valence-electron chi connectivity index (χ1n) is 6.17. The molecule has 0 unspecified atom stereocenters. The molecule has 0 fully saturated rings. The zero-order valence-corrected chi connectivity index (χ0v) is 11.5. The summed E-state index contributed by atoms with van der Waals surface area (Å²) in [5, 5.41) is 18.8. The molecule has 0 amide bonds. The minimum Gasteiger partial charge on any atom is -0.505 e. The molecule has 0 aliphatic rings. The van der Waals surface area contributed by atoms with Gasteiger partial charge in [-0.15, -0.1) is 5.11 Å². The van der Waals surface area contributed by atoms with Gasteiger partial charge in [-0.3, -0.25) is 4.79 Å². The molecule has 0 aliphatic heterocycles. The summed E-state index contributed by atoms with van der Waals surface area (Å²) in [4.78, 5) is 14.6. The van der Waals surface area contributed by atoms with Gasteiger partial charge in [-0.25, -0.2) is 0 Å². The zero-order valence-electron chi connectivity index (χ0n) is 10.7. The number of hydrogen-bond acceptors (Lipinski definition) is 4. The van der Waals surface area contributed by atoms with E-state index in [2.05, 4.69) is 15.2 Å². The first-order valence-corrected chi connectivity index (χ1v) is 6.55. The molecule has 0 radical (unpaired) electrons. The van der Waals surface area contributed by atoms with Crippen LogP contribution >= 0.6 is 11.6 Å². The fourth-order valence-electron chi connectivity index (χ4n) is 1.95. The lowest BCUT2D eigenvalue weighted by Gasteiger charge is -2.04. The highest BCUT2D eigenvalue weighted by atomic mass is 35.5. The normalized spacial score (nSPS) is 11.3. The van der Waals surface area contributed by atoms with Crippen molar-refractivity contribution in [2.45, 2.75) is 0 Å². The number of azo groups is 1. The average molecular weight is 300 g/mol. The summed E-state index contributed by atoms with van der Waals surface area (Å²) in [6.07, 6.45) is 0. The first-order chi connectivity index (χ1) is 10.2. The zero-order chi connectivity index (χ0) is 14.8. The number of H-pyrrole nitrogens is 1. The highest BCUT2D eigenvalue weighted by Crippen LogP contribution is 2.33. The fourth-order valence-corrected chi connectivity index (χ4v) is 2.17. The van der Waals surface area contributed by atoms with Gasteiger partial charge in [0.05, 0.1) is 16.2 Å². The van der Waals surface area contributed by atoms with Gasteiger partial charge < -0.3 is 10.1 Å². The number of pyridine rings is 1. The number of benzene rings is 2. The number of halogens is 1. The fraction of sp³-hybridized carbons (Fsp3) is 0. The van der Waals surface area contributed by atoms with Crippen molar-refractivity contribution in [3.05, 3.63) is 63.9 Å². The van der Waals surface area contributed by atoms with Gasteiger partial charge in [0.1, 0.15) is 0 Å². The quantitative estimate of drug-likeness (QED) is 0.692. The Bertz CT molecular complexity index is 889. The number of para-hydroxylation sites is 1. The van der Waals surface area contributed by atoms with E-state index in [9.17, 15) is 9.90 Å². The van der Waals surface area contributed by atoms with Crippen molar-refractivity contribution in [1.29, 1.82) is 0 Å². The maximum absolute atomic E-state index is 12.0. The number of fused-ring (bicyclic) bond motifs is 1. The molecule has 21 heavy (non-hydrogen) atoms. The van der Waals surface area contributed by atoms with E-state index in [-0.39, 0.29) is 11.4 Å². The average Bonchev–Trinajstić information content (AvgIpc) is 2.49. The number of nitrogens with one attached hydrogen (secondary N) is 1. The Balaban J connectivity index is 2.16. The van der Waals surface area contributed by atoms with Gasteiger partial charge in [-0.05, 0) is 24.3 Å². The van der Waals surface area contributed by atoms with Crippen molar-refractivity contribution >= 4 is 33.9 Å². The van der Waals surface area contributed by atoms with Crippen molar-refractivity contribution in [3.63, 3.8) is 0 Å². The first kappa shape index (κ1) is 13.3. The Morgan fingerprint density at radius 2 is 1.76 bits per heavy atom. The smallest absolute Gasteiger partial charge is 0.280 e. The third kappa shape index (κ3) is 2.51. The lowest BCUT2D eigenvalue weighted by atomic mass is 10.2. The molecule has 1 heterocycles. The predicted molar refractivity (Wildman–Crippen MR) is 81.9 cm³/mol. The van der Waals surface area contributed by atoms with Crippen LogP contribution in [0.2, 0.25) is 5.02 Å². The van der Waals surface area contributed by atoms with Gasteiger partial charge in [0.25, 0.3) is 5.56 Å². The number of hydrogen-bond donors (Lipinski definition) is 2. The van der Waals surface area contributed by atoms with E-state index in [0.29, 0.717) is 21.6 Å². The molecule has 0 spiro atoms. The van der Waals surface area contributed by atoms with Crippen LogP contribution in [0.5, 0.6) is 5.75 Å². The molecule has 2 N–H and O–H groups in total. The number of aromatic nitrogens is 1. The number of aromatic amines is 1. The van der Waals surface area contributed by atoms with E-state index in [1.165, 1.54) is 0 Å². The molecule has 0 atom stereocenters. The summed E-state index contributed by atoms with van der Waals surface area (Å²) in [7, 11) is 0. The lowest BCUT2D eigenvalue weighted by molar-refractivity contribution is 0.481. The molecule has 0 saturated heterocycles. The maximum atomic E-state index is 12.0. The molecule has 104 valence electrons. The van der Waals surface area contributed by atoms with Gasteiger partial charge >= 0.3 is 0 Å². The van der Waals surface area contributed by atoms with Crippen molar-refractivity contribution in [1.82, 2.24) is 4.98 Å². The summed E-state index contributed by atoms with van der Waals surface area (Å²) in [6, 6.07) is 13.9. The Kier molecular flexibility index (Phi) is 3.41. The van der Waals surface area contributed by atoms with E-state index in [0.717, 1.165) is 0 Å². The number of aromatic hydroxyl groups is 1. The molecule has 5 nitrogen and oxygen atoms in total. The molecule has 0 bridgehead atoms. The second-order valence-electron chi connectivity index (χ2n) is 4.35. The second-order valence-corrected chi connectivity index (χ2v) is 4.76. The van der Waals surface area contributed by atoms with E-state index in [4.69, 9.17) is 11.6 Å². The van der Waals surface area contributed by atoms with Gasteiger partial charge in [-0.1, -0.05) is 35.9 Å². The Morgan fingerprint density at radius 3 is 2.52 bits per heavy atom. The lowest BCUT2D eigenvalue weighted by Crippen LogP contribution is -2.05. The van der Waals surface area contributed by atoms with E-state index in [1.807, 2.05) is 6.07 Å². The van der Waals surface area contributed by atoms with Crippen molar-refractivity contribution < 1.29 is 5.11 Å². The SMILES string of the molecule is O=c1[nH]c2c(Cl)cccc2c(O)c1N=Nc1ccccc1. The summed E-state index contributed by atoms with van der Waals surface area (Å²) < 4.78 is 0. The number of nitrogens with zero attached hydrogens (tertiary/aromatic N) is 2. The molecule has 6 heteroatoms. The highest BCUT2D eigenvalue weighted by Gasteiger charge is 2.12. The molecule has 1 aromatic heterocycles. The molecule has 0 aliphatic carbocycles. The van der Waals surface area contributed by atoms with Gasteiger partial charge in [-0.2, -0.15) is 5.11 Å². The van der Waals surface area contributed by atoms with E-state index < -0.39 is 5.56 Å². The minimum atomic E-state index is -0.548. The standard InChI is InChI=1S/C15H10ClN3O2/c16-11-8-4-7-10-12(11)17-15(21)13(14(10)20)19-18-9-5-2-1-3-6-9/h1-8H,(H2,17,20,21). The molecular formula is C15H10ClN3O2.